The average molecular weight is 304 g/mol. The van der Waals surface area contributed by atoms with Crippen LogP contribution >= 0.6 is 0 Å². The molecule has 122 valence electrons. The highest BCUT2D eigenvalue weighted by molar-refractivity contribution is 5.79. The minimum atomic E-state index is -0.455. The zero-order valence-electron chi connectivity index (χ0n) is 14.2. The molecule has 1 aromatic rings. The van der Waals surface area contributed by atoms with Crippen molar-refractivity contribution in [2.24, 2.45) is 5.92 Å². The van der Waals surface area contributed by atoms with Gasteiger partial charge < -0.3 is 15.0 Å². The van der Waals surface area contributed by atoms with Crippen LogP contribution in [-0.4, -0.2) is 37.6 Å². The predicted molar refractivity (Wildman–Crippen MR) is 89.0 cm³/mol. The topological polar surface area (TPSA) is 41.6 Å². The summed E-state index contributed by atoms with van der Waals surface area (Å²) in [6, 6.07) is 7.84. The first-order chi connectivity index (χ1) is 10.4. The number of benzene rings is 1. The smallest absolute Gasteiger partial charge is 0.224 e. The van der Waals surface area contributed by atoms with Crippen molar-refractivity contribution in [3.63, 3.8) is 0 Å². The number of methoxy groups -OCH3 is 1. The maximum absolute atomic E-state index is 12.5. The standard InChI is InChI=1S/C18H28N2O2/c1-14(13-20-11-7-8-12-20)17(21)19-18(2,3)15-9-5-6-10-16(15)22-4/h5-6,9-10,14H,7-8,11-13H2,1-4H3,(H,19,21)/t14-/m0/s1. The number of carbonyl (C=O) groups is 1. The van der Waals surface area contributed by atoms with Crippen molar-refractivity contribution in [2.75, 3.05) is 26.7 Å². The van der Waals surface area contributed by atoms with Gasteiger partial charge in [0.1, 0.15) is 5.75 Å². The number of carbonyl (C=O) groups excluding carboxylic acids is 1. The number of likely N-dealkylation sites (tertiary alicyclic amines) is 1. The van der Waals surface area contributed by atoms with E-state index < -0.39 is 5.54 Å². The predicted octanol–water partition coefficient (Wildman–Crippen LogP) is 2.78. The Morgan fingerprint density at radius 3 is 2.59 bits per heavy atom. The second-order valence-corrected chi connectivity index (χ2v) is 6.72. The molecule has 1 fully saturated rings. The van der Waals surface area contributed by atoms with E-state index in [2.05, 4.69) is 10.2 Å². The van der Waals surface area contributed by atoms with Gasteiger partial charge >= 0.3 is 0 Å². The van der Waals surface area contributed by atoms with Gasteiger partial charge in [0.25, 0.3) is 0 Å². The van der Waals surface area contributed by atoms with Crippen molar-refractivity contribution in [2.45, 2.75) is 39.2 Å². The Balaban J connectivity index is 2.02. The molecule has 0 spiro atoms. The van der Waals surface area contributed by atoms with Gasteiger partial charge in [0, 0.05) is 18.0 Å². The highest BCUT2D eigenvalue weighted by Gasteiger charge is 2.29. The molecule has 1 N–H and O–H groups in total. The van der Waals surface area contributed by atoms with Crippen molar-refractivity contribution in [1.29, 1.82) is 0 Å². The van der Waals surface area contributed by atoms with Gasteiger partial charge in [-0.1, -0.05) is 25.1 Å². The lowest BCUT2D eigenvalue weighted by atomic mass is 9.92. The Labute approximate surface area is 133 Å². The van der Waals surface area contributed by atoms with E-state index in [9.17, 15) is 4.79 Å². The van der Waals surface area contributed by atoms with E-state index in [0.717, 1.165) is 30.9 Å². The number of hydrogen-bond acceptors (Lipinski definition) is 3. The first-order valence-corrected chi connectivity index (χ1v) is 8.12. The maximum Gasteiger partial charge on any atom is 0.224 e. The Morgan fingerprint density at radius 2 is 1.95 bits per heavy atom. The van der Waals surface area contributed by atoms with Gasteiger partial charge in [0.15, 0.2) is 0 Å². The highest BCUT2D eigenvalue weighted by Crippen LogP contribution is 2.29. The van der Waals surface area contributed by atoms with Crippen LogP contribution in [0.4, 0.5) is 0 Å². The molecular formula is C18H28N2O2. The zero-order valence-corrected chi connectivity index (χ0v) is 14.2. The number of nitrogens with one attached hydrogen (secondary N) is 1. The van der Waals surface area contributed by atoms with Gasteiger partial charge in [-0.05, 0) is 45.8 Å². The molecule has 1 heterocycles. The number of para-hydroxylation sites is 1. The molecule has 0 bridgehead atoms. The molecule has 0 aromatic heterocycles. The fourth-order valence-corrected chi connectivity index (χ4v) is 3.09. The third-order valence-electron chi connectivity index (χ3n) is 4.39. The van der Waals surface area contributed by atoms with Gasteiger partial charge in [-0.2, -0.15) is 0 Å². The number of amides is 1. The minimum Gasteiger partial charge on any atom is -0.496 e. The van der Waals surface area contributed by atoms with Gasteiger partial charge in [0.05, 0.1) is 12.6 Å². The highest BCUT2D eigenvalue weighted by atomic mass is 16.5. The summed E-state index contributed by atoms with van der Waals surface area (Å²) in [6.45, 7) is 9.12. The molecule has 4 heteroatoms. The molecule has 1 aliphatic heterocycles. The number of hydrogen-bond donors (Lipinski definition) is 1. The normalized spacial score (nSPS) is 17.3. The summed E-state index contributed by atoms with van der Waals surface area (Å²) in [6.07, 6.45) is 2.50. The molecule has 1 aromatic carbocycles. The van der Waals surface area contributed by atoms with E-state index in [-0.39, 0.29) is 11.8 Å². The lowest BCUT2D eigenvalue weighted by molar-refractivity contribution is -0.126. The average Bonchev–Trinajstić information content (AvgIpc) is 2.99. The van der Waals surface area contributed by atoms with Crippen molar-refractivity contribution >= 4 is 5.91 Å². The van der Waals surface area contributed by atoms with E-state index in [1.807, 2.05) is 45.0 Å². The molecule has 4 nitrogen and oxygen atoms in total. The van der Waals surface area contributed by atoms with Crippen LogP contribution in [0.5, 0.6) is 5.75 Å². The quantitative estimate of drug-likeness (QED) is 0.878. The third-order valence-corrected chi connectivity index (χ3v) is 4.39. The minimum absolute atomic E-state index is 0.00733. The molecule has 1 atom stereocenters. The Hall–Kier alpha value is -1.55. The first-order valence-electron chi connectivity index (χ1n) is 8.12. The van der Waals surface area contributed by atoms with E-state index in [1.165, 1.54) is 12.8 Å². The lowest BCUT2D eigenvalue weighted by Crippen LogP contribution is -2.45. The zero-order chi connectivity index (χ0) is 16.2. The van der Waals surface area contributed by atoms with Crippen LogP contribution in [0, 0.1) is 5.92 Å². The van der Waals surface area contributed by atoms with Crippen LogP contribution in [0.15, 0.2) is 24.3 Å². The summed E-state index contributed by atoms with van der Waals surface area (Å²) >= 11 is 0. The Kier molecular flexibility index (Phi) is 5.46. The van der Waals surface area contributed by atoms with Crippen molar-refractivity contribution in [1.82, 2.24) is 10.2 Å². The fraction of sp³-hybridized carbons (Fsp3) is 0.611. The number of nitrogens with zero attached hydrogens (tertiary/aromatic N) is 1. The molecule has 0 radical (unpaired) electrons. The molecule has 1 saturated heterocycles. The van der Waals surface area contributed by atoms with E-state index in [1.54, 1.807) is 7.11 Å². The largest absolute Gasteiger partial charge is 0.496 e. The summed E-state index contributed by atoms with van der Waals surface area (Å²) < 4.78 is 5.42. The Morgan fingerprint density at radius 1 is 1.32 bits per heavy atom. The van der Waals surface area contributed by atoms with Crippen LogP contribution in [0.3, 0.4) is 0 Å². The molecule has 2 rings (SSSR count). The molecule has 22 heavy (non-hydrogen) atoms. The van der Waals surface area contributed by atoms with Gasteiger partial charge in [0.2, 0.25) is 5.91 Å². The van der Waals surface area contributed by atoms with E-state index in [0.29, 0.717) is 0 Å². The Bertz CT molecular complexity index is 508. The fourth-order valence-electron chi connectivity index (χ4n) is 3.09. The van der Waals surface area contributed by atoms with Crippen LogP contribution in [-0.2, 0) is 10.3 Å². The van der Waals surface area contributed by atoms with Gasteiger partial charge in [-0.3, -0.25) is 4.79 Å². The third kappa shape index (κ3) is 4.01. The molecule has 1 amide bonds. The van der Waals surface area contributed by atoms with Crippen LogP contribution in [0.25, 0.3) is 0 Å². The van der Waals surface area contributed by atoms with Crippen LogP contribution in [0.1, 0.15) is 39.2 Å². The van der Waals surface area contributed by atoms with Crippen LogP contribution < -0.4 is 10.1 Å². The molecular weight excluding hydrogens is 276 g/mol. The lowest BCUT2D eigenvalue weighted by Gasteiger charge is -2.30. The van der Waals surface area contributed by atoms with E-state index >= 15 is 0 Å². The molecule has 0 unspecified atom stereocenters. The number of ether oxygens (including phenoxy) is 1. The summed E-state index contributed by atoms with van der Waals surface area (Å²) in [4.78, 5) is 14.9. The summed E-state index contributed by atoms with van der Waals surface area (Å²) in [7, 11) is 1.66. The second-order valence-electron chi connectivity index (χ2n) is 6.72. The summed E-state index contributed by atoms with van der Waals surface area (Å²) in [5.74, 6) is 0.898. The molecule has 1 aliphatic rings. The van der Waals surface area contributed by atoms with Gasteiger partial charge in [-0.25, -0.2) is 0 Å². The molecule has 0 aliphatic carbocycles. The number of rotatable bonds is 6. The SMILES string of the molecule is COc1ccccc1C(C)(C)NC(=O)[C@@H](C)CN1CCCC1. The first kappa shape index (κ1) is 16.8. The van der Waals surface area contributed by atoms with Gasteiger partial charge in [-0.15, -0.1) is 0 Å². The maximum atomic E-state index is 12.5. The van der Waals surface area contributed by atoms with Crippen LogP contribution in [0.2, 0.25) is 0 Å². The van der Waals surface area contributed by atoms with E-state index in [4.69, 9.17) is 4.74 Å². The summed E-state index contributed by atoms with van der Waals surface area (Å²) in [5.41, 5.74) is 0.544. The summed E-state index contributed by atoms with van der Waals surface area (Å²) in [5, 5.41) is 3.18. The molecule has 0 saturated carbocycles. The second kappa shape index (κ2) is 7.14. The monoisotopic (exact) mass is 304 g/mol. The van der Waals surface area contributed by atoms with Crippen molar-refractivity contribution in [3.05, 3.63) is 29.8 Å². The van der Waals surface area contributed by atoms with Crippen molar-refractivity contribution < 1.29 is 9.53 Å². The van der Waals surface area contributed by atoms with Crippen molar-refractivity contribution in [3.8, 4) is 5.75 Å².